The molecule has 9 nitrogen and oxygen atoms in total. The minimum Gasteiger partial charge on any atom is -0.309 e. The van der Waals surface area contributed by atoms with E-state index in [0.717, 1.165) is 17.7 Å². The molecule has 0 radical (unpaired) electrons. The molecule has 4 aromatic carbocycles. The van der Waals surface area contributed by atoms with Crippen LogP contribution >= 0.6 is 0 Å². The van der Waals surface area contributed by atoms with E-state index in [1.165, 1.54) is 54.8 Å². The summed E-state index contributed by atoms with van der Waals surface area (Å²) < 4.78 is 0. The van der Waals surface area contributed by atoms with E-state index in [1.807, 2.05) is 12.1 Å². The van der Waals surface area contributed by atoms with Crippen molar-refractivity contribution in [2.45, 2.75) is 37.5 Å². The molecule has 1 fully saturated rings. The van der Waals surface area contributed by atoms with Crippen LogP contribution in [0.1, 0.15) is 106 Å². The molecule has 3 aliphatic rings. The minimum atomic E-state index is -1.33. The Labute approximate surface area is 261 Å². The van der Waals surface area contributed by atoms with Crippen LogP contribution in [0.15, 0.2) is 89.7 Å². The summed E-state index contributed by atoms with van der Waals surface area (Å²) >= 11 is 0. The number of nitrogens with zero attached hydrogens (tertiary/aromatic N) is 2. The maximum Gasteiger partial charge on any atom is 0.266 e. The molecule has 0 saturated heterocycles. The molecular weight excluding hydrogens is 582 g/mol. The number of nitrogens with one attached hydrogen (secondary N) is 1. The van der Waals surface area contributed by atoms with Crippen molar-refractivity contribution in [2.75, 3.05) is 4.90 Å². The number of carbonyl (C=O) groups is 5. The standard InChI is InChI=1S/C37H25N3O6/c41-31(21-11-15-24-27(17-21)33(43)30(32(24)42)34-38-29-8-4-3-7-26(29)35(44)39-34)22-12-16-25-28(18-22)37(46)40(36(25)45)23-13-9-20(10-14-23)19-5-1-2-6-19/h3-4,7-19,30H,1-2,5-6H2,(H,38,39,44). The van der Waals surface area contributed by atoms with Gasteiger partial charge in [0.05, 0.1) is 27.7 Å². The number of benzene rings is 4. The first-order valence-corrected chi connectivity index (χ1v) is 15.2. The fourth-order valence-electron chi connectivity index (χ4n) is 6.96. The number of imide groups is 1. The molecule has 9 heteroatoms. The smallest absolute Gasteiger partial charge is 0.266 e. The molecule has 2 amide bonds. The van der Waals surface area contributed by atoms with Gasteiger partial charge in [-0.2, -0.15) is 0 Å². The Morgan fingerprint density at radius 2 is 1.33 bits per heavy atom. The zero-order valence-corrected chi connectivity index (χ0v) is 24.4. The summed E-state index contributed by atoms with van der Waals surface area (Å²) in [6.45, 7) is 0. The number of rotatable bonds is 5. The molecule has 224 valence electrons. The molecule has 0 spiro atoms. The number of ketones is 3. The summed E-state index contributed by atoms with van der Waals surface area (Å²) in [7, 11) is 0. The zero-order chi connectivity index (χ0) is 31.7. The number of para-hydroxylation sites is 1. The second-order valence-corrected chi connectivity index (χ2v) is 12.0. The monoisotopic (exact) mass is 607 g/mol. The second-order valence-electron chi connectivity index (χ2n) is 12.0. The molecule has 1 saturated carbocycles. The van der Waals surface area contributed by atoms with Gasteiger partial charge in [0.25, 0.3) is 17.4 Å². The predicted octanol–water partition coefficient (Wildman–Crippen LogP) is 5.78. The van der Waals surface area contributed by atoms with Crippen LogP contribution in [0.3, 0.4) is 0 Å². The number of Topliss-reactive ketones (excluding diaryl/α,β-unsaturated/α-hetero) is 2. The van der Waals surface area contributed by atoms with Crippen LogP contribution in [0.5, 0.6) is 0 Å². The van der Waals surface area contributed by atoms with E-state index in [-0.39, 0.29) is 39.2 Å². The topological polar surface area (TPSA) is 134 Å². The molecule has 1 aliphatic heterocycles. The van der Waals surface area contributed by atoms with Crippen LogP contribution in [0, 0.1) is 0 Å². The number of anilines is 1. The Morgan fingerprint density at radius 3 is 2.07 bits per heavy atom. The molecule has 1 aromatic heterocycles. The van der Waals surface area contributed by atoms with Gasteiger partial charge in [-0.25, -0.2) is 9.88 Å². The fourth-order valence-corrected chi connectivity index (χ4v) is 6.96. The van der Waals surface area contributed by atoms with Crippen molar-refractivity contribution in [3.63, 3.8) is 0 Å². The van der Waals surface area contributed by atoms with Crippen molar-refractivity contribution in [1.29, 1.82) is 0 Å². The molecule has 8 rings (SSSR count). The van der Waals surface area contributed by atoms with E-state index < -0.39 is 40.6 Å². The highest BCUT2D eigenvalue weighted by atomic mass is 16.2. The van der Waals surface area contributed by atoms with Gasteiger partial charge in [-0.15, -0.1) is 0 Å². The van der Waals surface area contributed by atoms with Crippen LogP contribution in [-0.4, -0.2) is 39.1 Å². The van der Waals surface area contributed by atoms with Gasteiger partial charge in [0.2, 0.25) is 0 Å². The molecule has 2 heterocycles. The van der Waals surface area contributed by atoms with Crippen LogP contribution in [0.4, 0.5) is 5.69 Å². The number of aromatic amines is 1. The Hall–Kier alpha value is -5.83. The maximum absolute atomic E-state index is 13.6. The lowest BCUT2D eigenvalue weighted by molar-refractivity contribution is 0.0880. The van der Waals surface area contributed by atoms with E-state index >= 15 is 0 Å². The highest BCUT2D eigenvalue weighted by Gasteiger charge is 2.42. The van der Waals surface area contributed by atoms with Crippen LogP contribution in [0.2, 0.25) is 0 Å². The van der Waals surface area contributed by atoms with E-state index in [0.29, 0.717) is 22.5 Å². The number of hydrogen-bond donors (Lipinski definition) is 1. The van der Waals surface area contributed by atoms with Crippen molar-refractivity contribution < 1.29 is 24.0 Å². The second kappa shape index (κ2) is 10.4. The van der Waals surface area contributed by atoms with E-state index in [1.54, 1.807) is 36.4 Å². The van der Waals surface area contributed by atoms with Crippen molar-refractivity contribution >= 4 is 45.8 Å². The van der Waals surface area contributed by atoms with Gasteiger partial charge in [0.15, 0.2) is 17.3 Å². The van der Waals surface area contributed by atoms with Gasteiger partial charge >= 0.3 is 0 Å². The van der Waals surface area contributed by atoms with Gasteiger partial charge in [0.1, 0.15) is 11.7 Å². The highest BCUT2D eigenvalue weighted by molar-refractivity contribution is 6.35. The molecule has 46 heavy (non-hydrogen) atoms. The minimum absolute atomic E-state index is 0.0521. The fraction of sp³-hybridized carbons (Fsp3) is 0.162. The van der Waals surface area contributed by atoms with Crippen molar-refractivity contribution in [2.24, 2.45) is 0 Å². The Bertz CT molecular complexity index is 2240. The quantitative estimate of drug-likeness (QED) is 0.152. The average Bonchev–Trinajstić information content (AvgIpc) is 3.77. The van der Waals surface area contributed by atoms with Gasteiger partial charge in [0, 0.05) is 22.3 Å². The van der Waals surface area contributed by atoms with Gasteiger partial charge < -0.3 is 4.98 Å². The average molecular weight is 608 g/mol. The molecule has 1 unspecified atom stereocenters. The molecular formula is C37H25N3O6. The van der Waals surface area contributed by atoms with Gasteiger partial charge in [-0.1, -0.05) is 49.2 Å². The predicted molar refractivity (Wildman–Crippen MR) is 169 cm³/mol. The summed E-state index contributed by atoms with van der Waals surface area (Å²) in [5.74, 6) is -3.43. The normalized spacial score (nSPS) is 17.7. The number of fused-ring (bicyclic) bond motifs is 3. The molecule has 5 aromatic rings. The third-order valence-corrected chi connectivity index (χ3v) is 9.37. The van der Waals surface area contributed by atoms with Crippen LogP contribution < -0.4 is 10.5 Å². The van der Waals surface area contributed by atoms with Gasteiger partial charge in [-0.3, -0.25) is 28.8 Å². The zero-order valence-electron chi connectivity index (χ0n) is 24.4. The highest BCUT2D eigenvalue weighted by Crippen LogP contribution is 2.37. The molecule has 0 bridgehead atoms. The summed E-state index contributed by atoms with van der Waals surface area (Å²) in [6.07, 6.45) is 4.69. The van der Waals surface area contributed by atoms with E-state index in [9.17, 15) is 28.8 Å². The summed E-state index contributed by atoms with van der Waals surface area (Å²) in [6, 6.07) is 22.7. The van der Waals surface area contributed by atoms with Crippen molar-refractivity contribution in [1.82, 2.24) is 9.97 Å². The lowest BCUT2D eigenvalue weighted by Gasteiger charge is -2.16. The SMILES string of the molecule is O=C(c1ccc2c(c1)C(=O)C(c1nc3ccccc3c(=O)[nH]1)C2=O)c1ccc2c(c1)C(=O)N(c1ccc(C3CCCC3)cc1)C2=O. The Balaban J connectivity index is 1.07. The van der Waals surface area contributed by atoms with E-state index in [2.05, 4.69) is 9.97 Å². The van der Waals surface area contributed by atoms with Gasteiger partial charge in [-0.05, 0) is 72.9 Å². The number of H-pyrrole nitrogens is 1. The third kappa shape index (κ3) is 4.19. The van der Waals surface area contributed by atoms with Crippen LogP contribution in [0.25, 0.3) is 10.9 Å². The Kier molecular flexibility index (Phi) is 6.25. The first kappa shape index (κ1) is 27.7. The maximum atomic E-state index is 13.6. The first-order chi connectivity index (χ1) is 22.3. The summed E-state index contributed by atoms with van der Waals surface area (Å²) in [5, 5.41) is 0.337. The lowest BCUT2D eigenvalue weighted by Crippen LogP contribution is -2.29. The summed E-state index contributed by atoms with van der Waals surface area (Å²) in [5.41, 5.74) is 2.38. The molecule has 2 aliphatic carbocycles. The number of hydrogen-bond acceptors (Lipinski definition) is 7. The molecule has 1 atom stereocenters. The summed E-state index contributed by atoms with van der Waals surface area (Å²) in [4.78, 5) is 87.8. The number of carbonyl (C=O) groups excluding carboxylic acids is 5. The largest absolute Gasteiger partial charge is 0.309 e. The molecule has 1 N–H and O–H groups in total. The van der Waals surface area contributed by atoms with Crippen molar-refractivity contribution in [3.8, 4) is 0 Å². The first-order valence-electron chi connectivity index (χ1n) is 15.2. The number of amides is 2. The lowest BCUT2D eigenvalue weighted by atomic mass is 9.96. The van der Waals surface area contributed by atoms with Crippen molar-refractivity contribution in [3.05, 3.63) is 140 Å². The van der Waals surface area contributed by atoms with E-state index in [4.69, 9.17) is 0 Å². The Morgan fingerprint density at radius 1 is 0.696 bits per heavy atom. The third-order valence-electron chi connectivity index (χ3n) is 9.37. The number of aromatic nitrogens is 2. The van der Waals surface area contributed by atoms with Crippen LogP contribution in [-0.2, 0) is 0 Å².